The van der Waals surface area contributed by atoms with Crippen molar-refractivity contribution in [3.63, 3.8) is 0 Å². The predicted molar refractivity (Wildman–Crippen MR) is 55.8 cm³/mol. The Morgan fingerprint density at radius 3 is 2.47 bits per heavy atom. The minimum absolute atomic E-state index is 0.285. The minimum atomic E-state index is -0.980. The van der Waals surface area contributed by atoms with Crippen molar-refractivity contribution in [2.24, 2.45) is 5.92 Å². The average Bonchev–Trinajstić information content (AvgIpc) is 2.26. The molecule has 3 nitrogen and oxygen atoms in total. The van der Waals surface area contributed by atoms with Gasteiger partial charge in [-0.2, -0.15) is 0 Å². The molecule has 2 N–H and O–H groups in total. The summed E-state index contributed by atoms with van der Waals surface area (Å²) in [6, 6.07) is 10.3. The van der Waals surface area contributed by atoms with E-state index in [2.05, 4.69) is 6.92 Å². The molecule has 1 aromatic rings. The van der Waals surface area contributed by atoms with Crippen LogP contribution in [-0.4, -0.2) is 12.5 Å². The number of carbonyl (C=O) groups is 1. The molecule has 0 saturated carbocycles. The molecule has 0 unspecified atom stereocenters. The van der Waals surface area contributed by atoms with E-state index in [0.29, 0.717) is 6.54 Å². The number of hydrogen-bond donors (Lipinski definition) is 1. The van der Waals surface area contributed by atoms with E-state index >= 15 is 0 Å². The highest BCUT2D eigenvalue weighted by atomic mass is 16.4. The molecule has 3 heteroatoms. The summed E-state index contributed by atoms with van der Waals surface area (Å²) >= 11 is 0. The van der Waals surface area contributed by atoms with Gasteiger partial charge in [-0.05, 0) is 6.92 Å². The van der Waals surface area contributed by atoms with Gasteiger partial charge in [-0.1, -0.05) is 37.3 Å². The lowest BCUT2D eigenvalue weighted by molar-refractivity contribution is -0.696. The van der Waals surface area contributed by atoms with Crippen molar-refractivity contribution < 1.29 is 15.2 Å². The fourth-order valence-electron chi connectivity index (χ4n) is 1.40. The molecule has 0 heterocycles. The summed E-state index contributed by atoms with van der Waals surface area (Å²) in [5.74, 6) is -1.39. The standard InChI is InChI=1S/C12H17NO2/c1-9(12(14)15)8-13-10(2)11-6-4-3-5-7-11/h3-7,9-10,13H,8H2,1-2H3,(H,14,15)/t9-,10-/m0/s1. The summed E-state index contributed by atoms with van der Waals surface area (Å²) in [4.78, 5) is 10.5. The summed E-state index contributed by atoms with van der Waals surface area (Å²) in [7, 11) is 0. The van der Waals surface area contributed by atoms with Crippen LogP contribution in [0, 0.1) is 5.92 Å². The lowest BCUT2D eigenvalue weighted by Gasteiger charge is -2.15. The van der Waals surface area contributed by atoms with Gasteiger partial charge in [-0.3, -0.25) is 0 Å². The molecule has 15 heavy (non-hydrogen) atoms. The van der Waals surface area contributed by atoms with Gasteiger partial charge in [0.25, 0.3) is 0 Å². The first-order chi connectivity index (χ1) is 7.11. The van der Waals surface area contributed by atoms with Crippen molar-refractivity contribution in [2.75, 3.05) is 6.54 Å². The first-order valence-corrected chi connectivity index (χ1v) is 5.20. The molecule has 0 bridgehead atoms. The summed E-state index contributed by atoms with van der Waals surface area (Å²) < 4.78 is 0. The van der Waals surface area contributed by atoms with Crippen LogP contribution in [0.4, 0.5) is 0 Å². The van der Waals surface area contributed by atoms with Crippen LogP contribution in [0.15, 0.2) is 30.3 Å². The zero-order valence-corrected chi connectivity index (χ0v) is 9.14. The van der Waals surface area contributed by atoms with Gasteiger partial charge in [0.05, 0.1) is 6.54 Å². The topological polar surface area (TPSA) is 56.7 Å². The van der Waals surface area contributed by atoms with Gasteiger partial charge < -0.3 is 15.2 Å². The second-order valence-corrected chi connectivity index (χ2v) is 3.89. The van der Waals surface area contributed by atoms with Crippen molar-refractivity contribution in [1.29, 1.82) is 0 Å². The smallest absolute Gasteiger partial charge is 0.109 e. The quantitative estimate of drug-likeness (QED) is 0.720. The number of quaternary nitrogens is 1. The number of benzene rings is 1. The fraction of sp³-hybridized carbons (Fsp3) is 0.417. The van der Waals surface area contributed by atoms with E-state index in [1.165, 1.54) is 5.56 Å². The highest BCUT2D eigenvalue weighted by molar-refractivity contribution is 5.67. The Morgan fingerprint density at radius 2 is 1.93 bits per heavy atom. The molecule has 0 saturated heterocycles. The number of carboxylic acids is 1. The van der Waals surface area contributed by atoms with E-state index in [4.69, 9.17) is 0 Å². The molecule has 0 spiro atoms. The first-order valence-electron chi connectivity index (χ1n) is 5.20. The highest BCUT2D eigenvalue weighted by Crippen LogP contribution is 2.06. The van der Waals surface area contributed by atoms with E-state index in [1.54, 1.807) is 6.92 Å². The molecule has 0 fully saturated rings. The summed E-state index contributed by atoms with van der Waals surface area (Å²) in [5.41, 5.74) is 1.21. The second kappa shape index (κ2) is 5.51. The van der Waals surface area contributed by atoms with E-state index in [9.17, 15) is 9.90 Å². The SMILES string of the molecule is C[C@H]([NH2+]C[C@H](C)C(=O)[O-])c1ccccc1. The van der Waals surface area contributed by atoms with Gasteiger partial charge >= 0.3 is 0 Å². The van der Waals surface area contributed by atoms with Crippen molar-refractivity contribution in [3.05, 3.63) is 35.9 Å². The Hall–Kier alpha value is -1.35. The number of rotatable bonds is 5. The Labute approximate surface area is 90.1 Å². The van der Waals surface area contributed by atoms with Crippen LogP contribution in [0.2, 0.25) is 0 Å². The van der Waals surface area contributed by atoms with E-state index in [0.717, 1.165) is 0 Å². The summed E-state index contributed by atoms with van der Waals surface area (Å²) in [6.45, 7) is 4.29. The summed E-state index contributed by atoms with van der Waals surface area (Å²) in [5, 5.41) is 12.5. The Morgan fingerprint density at radius 1 is 1.33 bits per heavy atom. The first kappa shape index (κ1) is 11.7. The maximum absolute atomic E-state index is 10.5. The van der Waals surface area contributed by atoms with Gasteiger partial charge in [-0.25, -0.2) is 0 Å². The number of aliphatic carboxylic acids is 1. The lowest BCUT2D eigenvalue weighted by Crippen LogP contribution is -2.86. The Bertz CT molecular complexity index is 311. The maximum atomic E-state index is 10.5. The van der Waals surface area contributed by atoms with Crippen molar-refractivity contribution in [3.8, 4) is 0 Å². The van der Waals surface area contributed by atoms with Crippen molar-refractivity contribution >= 4 is 5.97 Å². The van der Waals surface area contributed by atoms with E-state index in [1.807, 2.05) is 35.6 Å². The largest absolute Gasteiger partial charge is 0.550 e. The van der Waals surface area contributed by atoms with Crippen LogP contribution in [0.5, 0.6) is 0 Å². The van der Waals surface area contributed by atoms with Crippen LogP contribution >= 0.6 is 0 Å². The molecule has 0 aliphatic rings. The van der Waals surface area contributed by atoms with Gasteiger partial charge in [0, 0.05) is 17.5 Å². The molecule has 1 rings (SSSR count). The molecule has 0 aromatic heterocycles. The van der Waals surface area contributed by atoms with Crippen molar-refractivity contribution in [1.82, 2.24) is 0 Å². The normalized spacial score (nSPS) is 14.5. The molecular formula is C12H17NO2. The van der Waals surface area contributed by atoms with Gasteiger partial charge in [0.15, 0.2) is 0 Å². The van der Waals surface area contributed by atoms with Gasteiger partial charge in [0.1, 0.15) is 6.04 Å². The average molecular weight is 207 g/mol. The van der Waals surface area contributed by atoms with Crippen molar-refractivity contribution in [2.45, 2.75) is 19.9 Å². The number of hydrogen-bond acceptors (Lipinski definition) is 2. The molecule has 0 aliphatic carbocycles. The van der Waals surface area contributed by atoms with Gasteiger partial charge in [-0.15, -0.1) is 0 Å². The third kappa shape index (κ3) is 3.72. The fourth-order valence-corrected chi connectivity index (χ4v) is 1.40. The highest BCUT2D eigenvalue weighted by Gasteiger charge is 2.10. The van der Waals surface area contributed by atoms with E-state index in [-0.39, 0.29) is 6.04 Å². The lowest BCUT2D eigenvalue weighted by atomic mass is 10.1. The predicted octanol–water partition coefficient (Wildman–Crippen LogP) is -0.303. The molecule has 0 amide bonds. The Kier molecular flexibility index (Phi) is 4.31. The van der Waals surface area contributed by atoms with Crippen LogP contribution in [0.1, 0.15) is 25.5 Å². The molecule has 0 aliphatic heterocycles. The maximum Gasteiger partial charge on any atom is 0.109 e. The van der Waals surface area contributed by atoms with E-state index < -0.39 is 11.9 Å². The van der Waals surface area contributed by atoms with Crippen LogP contribution < -0.4 is 10.4 Å². The third-order valence-electron chi connectivity index (χ3n) is 2.57. The molecule has 82 valence electrons. The third-order valence-corrected chi connectivity index (χ3v) is 2.57. The molecule has 0 radical (unpaired) electrons. The molecular weight excluding hydrogens is 190 g/mol. The summed E-state index contributed by atoms with van der Waals surface area (Å²) in [6.07, 6.45) is 0. The van der Waals surface area contributed by atoms with Crippen LogP contribution in [-0.2, 0) is 4.79 Å². The molecule has 2 atom stereocenters. The second-order valence-electron chi connectivity index (χ2n) is 3.89. The number of carbonyl (C=O) groups excluding carboxylic acids is 1. The number of nitrogens with two attached hydrogens (primary N) is 1. The zero-order valence-electron chi connectivity index (χ0n) is 9.14. The zero-order chi connectivity index (χ0) is 11.3. The number of carboxylic acid groups (broad SMARTS) is 1. The van der Waals surface area contributed by atoms with Crippen LogP contribution in [0.3, 0.4) is 0 Å². The minimum Gasteiger partial charge on any atom is -0.550 e. The van der Waals surface area contributed by atoms with Crippen LogP contribution in [0.25, 0.3) is 0 Å². The monoisotopic (exact) mass is 207 g/mol. The van der Waals surface area contributed by atoms with Gasteiger partial charge in [0.2, 0.25) is 0 Å². The Balaban J connectivity index is 2.43. The molecule has 1 aromatic carbocycles.